The molecule has 2 aromatic carbocycles. The Hall–Kier alpha value is -4.35. The molecule has 1 aliphatic rings. The lowest BCUT2D eigenvalue weighted by atomic mass is 10.1. The van der Waals surface area contributed by atoms with Crippen molar-refractivity contribution in [2.45, 2.75) is 19.3 Å². The van der Waals surface area contributed by atoms with Crippen LogP contribution in [-0.4, -0.2) is 44.3 Å². The fourth-order valence-corrected chi connectivity index (χ4v) is 3.29. The van der Waals surface area contributed by atoms with Gasteiger partial charge in [0, 0.05) is 36.5 Å². The van der Waals surface area contributed by atoms with E-state index in [1.165, 1.54) is 36.5 Å². The molecule has 3 N–H and O–H groups in total. The molecule has 0 radical (unpaired) electrons. The summed E-state index contributed by atoms with van der Waals surface area (Å²) in [7, 11) is 0. The number of nitro groups is 1. The Bertz CT molecular complexity index is 1170. The van der Waals surface area contributed by atoms with Gasteiger partial charge in [0.2, 0.25) is 17.8 Å². The van der Waals surface area contributed by atoms with Gasteiger partial charge in [-0.05, 0) is 49.6 Å². The van der Waals surface area contributed by atoms with Crippen LogP contribution in [0, 0.1) is 15.9 Å². The molecular formula is C21H21FN8O3. The van der Waals surface area contributed by atoms with E-state index in [9.17, 15) is 19.6 Å². The van der Waals surface area contributed by atoms with Gasteiger partial charge in [0.05, 0.1) is 11.1 Å². The summed E-state index contributed by atoms with van der Waals surface area (Å²) >= 11 is 0. The van der Waals surface area contributed by atoms with Crippen molar-refractivity contribution in [3.63, 3.8) is 0 Å². The Morgan fingerprint density at radius 1 is 1.06 bits per heavy atom. The molecule has 3 aromatic rings. The zero-order valence-corrected chi connectivity index (χ0v) is 17.5. The summed E-state index contributed by atoms with van der Waals surface area (Å²) in [5.41, 5.74) is 3.27. The standard InChI is InChI=1S/C21H21FN8O3/c22-15-4-6-16(7-5-15)24-19-25-20(27-21(26-19)29-10-2-1-3-11-29)28-23-13-14-12-17(30(32)33)8-9-18(14)31/h4-9,12-13,31H,1-3,10-11H2,(H2,24,25,26,27,28)/b23-13-. The van der Waals surface area contributed by atoms with Crippen molar-refractivity contribution in [3.05, 3.63) is 64.0 Å². The van der Waals surface area contributed by atoms with E-state index in [2.05, 4.69) is 30.8 Å². The van der Waals surface area contributed by atoms with Crippen LogP contribution >= 0.6 is 0 Å². The number of hydrogen-bond donors (Lipinski definition) is 3. The molecule has 0 spiro atoms. The summed E-state index contributed by atoms with van der Waals surface area (Å²) in [5, 5.41) is 27.9. The van der Waals surface area contributed by atoms with Gasteiger partial charge in [-0.1, -0.05) is 0 Å². The average molecular weight is 452 g/mol. The van der Waals surface area contributed by atoms with Crippen molar-refractivity contribution < 1.29 is 14.4 Å². The first kappa shape index (κ1) is 21.9. The van der Waals surface area contributed by atoms with Crippen LogP contribution in [0.25, 0.3) is 0 Å². The number of nitrogens with zero attached hydrogens (tertiary/aromatic N) is 6. The van der Waals surface area contributed by atoms with Crippen molar-refractivity contribution in [1.82, 2.24) is 15.0 Å². The SMILES string of the molecule is O=[N+]([O-])c1ccc(O)c(/C=N\Nc2nc(Nc3ccc(F)cc3)nc(N3CCCCC3)n2)c1. The Morgan fingerprint density at radius 2 is 1.79 bits per heavy atom. The van der Waals surface area contributed by atoms with Gasteiger partial charge < -0.3 is 15.3 Å². The number of aromatic nitrogens is 3. The number of anilines is 4. The minimum absolute atomic E-state index is 0.136. The van der Waals surface area contributed by atoms with E-state index in [4.69, 9.17) is 0 Å². The number of phenolic OH excluding ortho intramolecular Hbond substituents is 1. The Kier molecular flexibility index (Phi) is 6.53. The number of hydrazone groups is 1. The molecule has 0 bridgehead atoms. The fraction of sp³-hybridized carbons (Fsp3) is 0.238. The molecule has 11 nitrogen and oxygen atoms in total. The molecule has 1 saturated heterocycles. The number of nitro benzene ring substituents is 1. The van der Waals surface area contributed by atoms with Crippen molar-refractivity contribution in [3.8, 4) is 5.75 Å². The molecule has 0 amide bonds. The lowest BCUT2D eigenvalue weighted by Crippen LogP contribution is -2.31. The Labute approximate surface area is 188 Å². The molecule has 1 aromatic heterocycles. The summed E-state index contributed by atoms with van der Waals surface area (Å²) in [6.07, 6.45) is 4.43. The van der Waals surface area contributed by atoms with Crippen LogP contribution in [0.1, 0.15) is 24.8 Å². The summed E-state index contributed by atoms with van der Waals surface area (Å²) in [6, 6.07) is 9.40. The first-order valence-corrected chi connectivity index (χ1v) is 10.3. The van der Waals surface area contributed by atoms with Gasteiger partial charge in [-0.25, -0.2) is 9.82 Å². The van der Waals surface area contributed by atoms with Crippen LogP contribution in [0.15, 0.2) is 47.6 Å². The van der Waals surface area contributed by atoms with E-state index in [1.807, 2.05) is 4.90 Å². The molecule has 0 aliphatic carbocycles. The molecule has 12 heteroatoms. The van der Waals surface area contributed by atoms with Crippen molar-refractivity contribution in [2.24, 2.45) is 5.10 Å². The molecule has 170 valence electrons. The maximum Gasteiger partial charge on any atom is 0.270 e. The maximum atomic E-state index is 13.2. The largest absolute Gasteiger partial charge is 0.507 e. The second kappa shape index (κ2) is 9.85. The Morgan fingerprint density at radius 3 is 2.52 bits per heavy atom. The first-order valence-electron chi connectivity index (χ1n) is 10.3. The van der Waals surface area contributed by atoms with Crippen molar-refractivity contribution in [2.75, 3.05) is 28.7 Å². The summed E-state index contributed by atoms with van der Waals surface area (Å²) in [4.78, 5) is 25.6. The highest BCUT2D eigenvalue weighted by Gasteiger charge is 2.16. The summed E-state index contributed by atoms with van der Waals surface area (Å²) in [5.74, 6) is 0.329. The van der Waals surface area contributed by atoms with Crippen LogP contribution in [0.3, 0.4) is 0 Å². The first-order chi connectivity index (χ1) is 16.0. The lowest BCUT2D eigenvalue weighted by molar-refractivity contribution is -0.384. The van der Waals surface area contributed by atoms with E-state index in [0.717, 1.165) is 32.4 Å². The van der Waals surface area contributed by atoms with E-state index >= 15 is 0 Å². The smallest absolute Gasteiger partial charge is 0.270 e. The third kappa shape index (κ3) is 5.67. The van der Waals surface area contributed by atoms with Gasteiger partial charge in [0.15, 0.2) is 0 Å². The van der Waals surface area contributed by atoms with Crippen LogP contribution in [-0.2, 0) is 0 Å². The normalized spacial score (nSPS) is 13.8. The van der Waals surface area contributed by atoms with Crippen molar-refractivity contribution in [1.29, 1.82) is 0 Å². The predicted molar refractivity (Wildman–Crippen MR) is 122 cm³/mol. The van der Waals surface area contributed by atoms with Gasteiger partial charge >= 0.3 is 0 Å². The van der Waals surface area contributed by atoms with Crippen LogP contribution in [0.5, 0.6) is 5.75 Å². The quantitative estimate of drug-likeness (QED) is 0.277. The molecular weight excluding hydrogens is 431 g/mol. The highest BCUT2D eigenvalue weighted by Crippen LogP contribution is 2.23. The number of aromatic hydroxyl groups is 1. The topological polar surface area (TPSA) is 142 Å². The predicted octanol–water partition coefficient (Wildman–Crippen LogP) is 3.80. The van der Waals surface area contributed by atoms with E-state index in [-0.39, 0.29) is 34.7 Å². The number of benzene rings is 2. The van der Waals surface area contributed by atoms with Gasteiger partial charge in [0.1, 0.15) is 11.6 Å². The zero-order chi connectivity index (χ0) is 23.2. The third-order valence-corrected chi connectivity index (χ3v) is 4.95. The zero-order valence-electron chi connectivity index (χ0n) is 17.5. The van der Waals surface area contributed by atoms with Crippen molar-refractivity contribution >= 4 is 35.4 Å². The van der Waals surface area contributed by atoms with Gasteiger partial charge in [-0.2, -0.15) is 20.1 Å². The molecule has 0 atom stereocenters. The molecule has 0 saturated carbocycles. The Balaban J connectivity index is 1.58. The monoisotopic (exact) mass is 452 g/mol. The number of rotatable bonds is 7. The minimum atomic E-state index is -0.561. The highest BCUT2D eigenvalue weighted by molar-refractivity contribution is 5.84. The molecule has 0 unspecified atom stereocenters. The number of non-ortho nitro benzene ring substituents is 1. The number of phenols is 1. The van der Waals surface area contributed by atoms with Crippen LogP contribution in [0.4, 0.5) is 33.6 Å². The lowest BCUT2D eigenvalue weighted by Gasteiger charge is -2.26. The molecule has 1 aliphatic heterocycles. The summed E-state index contributed by atoms with van der Waals surface area (Å²) in [6.45, 7) is 1.62. The molecule has 33 heavy (non-hydrogen) atoms. The molecule has 4 rings (SSSR count). The van der Waals surface area contributed by atoms with Gasteiger partial charge in [-0.15, -0.1) is 0 Å². The fourth-order valence-electron chi connectivity index (χ4n) is 3.29. The molecule has 1 fully saturated rings. The van der Waals surface area contributed by atoms with Gasteiger partial charge in [-0.3, -0.25) is 10.1 Å². The highest BCUT2D eigenvalue weighted by atomic mass is 19.1. The van der Waals surface area contributed by atoms with Crippen LogP contribution < -0.4 is 15.6 Å². The van der Waals surface area contributed by atoms with Gasteiger partial charge in [0.25, 0.3) is 5.69 Å². The van der Waals surface area contributed by atoms with E-state index in [1.54, 1.807) is 12.1 Å². The third-order valence-electron chi connectivity index (χ3n) is 4.95. The number of piperidine rings is 1. The second-order valence-electron chi connectivity index (χ2n) is 7.33. The average Bonchev–Trinajstić information content (AvgIpc) is 2.82. The minimum Gasteiger partial charge on any atom is -0.507 e. The number of hydrogen-bond acceptors (Lipinski definition) is 10. The number of halogens is 1. The van der Waals surface area contributed by atoms with E-state index in [0.29, 0.717) is 11.6 Å². The van der Waals surface area contributed by atoms with E-state index < -0.39 is 4.92 Å². The summed E-state index contributed by atoms with van der Waals surface area (Å²) < 4.78 is 13.2. The number of nitrogens with one attached hydrogen (secondary N) is 2. The maximum absolute atomic E-state index is 13.2. The second-order valence-corrected chi connectivity index (χ2v) is 7.33. The van der Waals surface area contributed by atoms with Crippen LogP contribution in [0.2, 0.25) is 0 Å². The molecule has 2 heterocycles.